The van der Waals surface area contributed by atoms with E-state index in [-0.39, 0.29) is 11.5 Å². The molecule has 136 valence electrons. The zero-order valence-corrected chi connectivity index (χ0v) is 15.1. The molecule has 6 nitrogen and oxygen atoms in total. The summed E-state index contributed by atoms with van der Waals surface area (Å²) in [6.07, 6.45) is 3.72. The van der Waals surface area contributed by atoms with Crippen LogP contribution in [-0.4, -0.2) is 43.9 Å². The average molecular weight is 365 g/mol. The number of ether oxygens (including phenoxy) is 1. The Morgan fingerprint density at radius 1 is 1.20 bits per heavy atom. The second kappa shape index (κ2) is 7.15. The largest absolute Gasteiger partial charge is 0.449 e. The maximum atomic E-state index is 12.3. The molecule has 1 aromatic carbocycles. The summed E-state index contributed by atoms with van der Waals surface area (Å²) in [7, 11) is -3.06. The second-order valence-electron chi connectivity index (χ2n) is 6.85. The Morgan fingerprint density at radius 2 is 1.92 bits per heavy atom. The third kappa shape index (κ3) is 4.39. The van der Waals surface area contributed by atoms with Gasteiger partial charge in [-0.3, -0.25) is 4.79 Å². The molecule has 25 heavy (non-hydrogen) atoms. The second-order valence-corrected chi connectivity index (χ2v) is 9.08. The number of rotatable bonds is 4. The predicted octanol–water partition coefficient (Wildman–Crippen LogP) is 1.41. The lowest BCUT2D eigenvalue weighted by Crippen LogP contribution is -2.42. The van der Waals surface area contributed by atoms with E-state index in [0.29, 0.717) is 12.0 Å². The van der Waals surface area contributed by atoms with Gasteiger partial charge in [0.05, 0.1) is 17.1 Å². The maximum Gasteiger partial charge on any atom is 0.338 e. The molecular formula is C18H23NO5S. The van der Waals surface area contributed by atoms with E-state index in [0.717, 1.165) is 19.3 Å². The van der Waals surface area contributed by atoms with Crippen molar-refractivity contribution < 1.29 is 22.7 Å². The molecule has 1 aliphatic carbocycles. The summed E-state index contributed by atoms with van der Waals surface area (Å²) in [6.45, 7) is 1.50. The zero-order chi connectivity index (χ0) is 18.0. The highest BCUT2D eigenvalue weighted by Crippen LogP contribution is 2.22. The first-order valence-corrected chi connectivity index (χ1v) is 10.5. The van der Waals surface area contributed by atoms with Crippen molar-refractivity contribution in [2.75, 3.05) is 11.5 Å². The molecule has 3 rings (SSSR count). The van der Waals surface area contributed by atoms with E-state index in [1.54, 1.807) is 6.07 Å². The van der Waals surface area contributed by atoms with Crippen molar-refractivity contribution in [3.63, 3.8) is 0 Å². The lowest BCUT2D eigenvalue weighted by atomic mass is 9.90. The smallest absolute Gasteiger partial charge is 0.338 e. The minimum Gasteiger partial charge on any atom is -0.449 e. The molecule has 1 fully saturated rings. The first-order valence-electron chi connectivity index (χ1n) is 8.68. The lowest BCUT2D eigenvalue weighted by molar-refractivity contribution is -0.129. The number of carbonyl (C=O) groups is 2. The summed E-state index contributed by atoms with van der Waals surface area (Å²) in [5, 5.41) is 2.65. The minimum atomic E-state index is -3.06. The van der Waals surface area contributed by atoms with Crippen LogP contribution in [0.1, 0.15) is 47.7 Å². The van der Waals surface area contributed by atoms with Gasteiger partial charge in [-0.25, -0.2) is 13.2 Å². The molecule has 0 aromatic heterocycles. The zero-order valence-electron chi connectivity index (χ0n) is 14.3. The highest BCUT2D eigenvalue weighted by molar-refractivity contribution is 7.91. The topological polar surface area (TPSA) is 89.5 Å². The van der Waals surface area contributed by atoms with Crippen molar-refractivity contribution in [2.24, 2.45) is 0 Å². The number of carbonyl (C=O) groups excluding carboxylic acids is 2. The lowest BCUT2D eigenvalue weighted by Gasteiger charge is -2.18. The van der Waals surface area contributed by atoms with Gasteiger partial charge in [0, 0.05) is 6.04 Å². The van der Waals surface area contributed by atoms with Crippen molar-refractivity contribution in [1.82, 2.24) is 5.32 Å². The van der Waals surface area contributed by atoms with Crippen LogP contribution in [0.2, 0.25) is 0 Å². The molecule has 1 N–H and O–H groups in total. The number of nitrogens with one attached hydrogen (secondary N) is 1. The molecule has 1 aliphatic heterocycles. The molecule has 2 atom stereocenters. The normalized spacial score (nSPS) is 22.7. The van der Waals surface area contributed by atoms with Gasteiger partial charge in [0.25, 0.3) is 5.91 Å². The highest BCUT2D eigenvalue weighted by Gasteiger charge is 2.30. The Morgan fingerprint density at radius 3 is 2.60 bits per heavy atom. The van der Waals surface area contributed by atoms with Crippen LogP contribution in [0.15, 0.2) is 18.2 Å². The predicted molar refractivity (Wildman–Crippen MR) is 93.2 cm³/mol. The summed E-state index contributed by atoms with van der Waals surface area (Å²) >= 11 is 0. The molecule has 0 radical (unpaired) electrons. The van der Waals surface area contributed by atoms with E-state index in [2.05, 4.69) is 5.32 Å². The number of hydrogen-bond donors (Lipinski definition) is 1. The molecule has 0 bridgehead atoms. The number of benzene rings is 1. The Bertz CT molecular complexity index is 787. The van der Waals surface area contributed by atoms with Crippen LogP contribution < -0.4 is 5.32 Å². The van der Waals surface area contributed by atoms with E-state index in [9.17, 15) is 18.0 Å². The standard InChI is InChI=1S/C18H23NO5S/c1-12(17(20)19-16-8-9-25(22,23)11-16)24-18(21)15-7-6-13-4-2-3-5-14(13)10-15/h6-7,10,12,16H,2-5,8-9,11H2,1H3,(H,19,20)/t12-,16+/m1/s1. The van der Waals surface area contributed by atoms with Crippen LogP contribution in [0.25, 0.3) is 0 Å². The monoisotopic (exact) mass is 365 g/mol. The van der Waals surface area contributed by atoms with Gasteiger partial charge in [-0.1, -0.05) is 6.07 Å². The van der Waals surface area contributed by atoms with E-state index < -0.39 is 33.9 Å². The van der Waals surface area contributed by atoms with Gasteiger partial charge in [-0.2, -0.15) is 0 Å². The molecule has 0 unspecified atom stereocenters. The first kappa shape index (κ1) is 17.9. The van der Waals surface area contributed by atoms with Gasteiger partial charge < -0.3 is 10.1 Å². The van der Waals surface area contributed by atoms with E-state index in [1.165, 1.54) is 24.5 Å². The average Bonchev–Trinajstić information content (AvgIpc) is 2.92. The Balaban J connectivity index is 1.57. The fourth-order valence-electron chi connectivity index (χ4n) is 3.37. The number of sulfone groups is 1. The molecule has 0 spiro atoms. The molecule has 1 aromatic rings. The van der Waals surface area contributed by atoms with Crippen molar-refractivity contribution >= 4 is 21.7 Å². The van der Waals surface area contributed by atoms with E-state index in [1.807, 2.05) is 12.1 Å². The maximum absolute atomic E-state index is 12.3. The fraction of sp³-hybridized carbons (Fsp3) is 0.556. The van der Waals surface area contributed by atoms with Crippen LogP contribution in [0, 0.1) is 0 Å². The molecule has 0 saturated carbocycles. The summed E-state index contributed by atoms with van der Waals surface area (Å²) in [5.74, 6) is -0.964. The highest BCUT2D eigenvalue weighted by atomic mass is 32.2. The first-order chi connectivity index (χ1) is 11.8. The molecule has 7 heteroatoms. The SMILES string of the molecule is C[C@@H](OC(=O)c1ccc2c(c1)CCCC2)C(=O)N[C@H]1CCS(=O)(=O)C1. The van der Waals surface area contributed by atoms with E-state index in [4.69, 9.17) is 4.74 Å². The number of hydrogen-bond acceptors (Lipinski definition) is 5. The van der Waals surface area contributed by atoms with Gasteiger partial charge in [-0.05, 0) is 62.3 Å². The van der Waals surface area contributed by atoms with Gasteiger partial charge in [-0.15, -0.1) is 0 Å². The van der Waals surface area contributed by atoms with Gasteiger partial charge in [0.1, 0.15) is 0 Å². The van der Waals surface area contributed by atoms with Crippen LogP contribution in [0.3, 0.4) is 0 Å². The number of aryl methyl sites for hydroxylation is 2. The Hall–Kier alpha value is -1.89. The summed E-state index contributed by atoms with van der Waals surface area (Å²) < 4.78 is 28.1. The van der Waals surface area contributed by atoms with Gasteiger partial charge in [0.15, 0.2) is 15.9 Å². The number of esters is 1. The van der Waals surface area contributed by atoms with Crippen LogP contribution in [0.4, 0.5) is 0 Å². The van der Waals surface area contributed by atoms with Crippen molar-refractivity contribution in [1.29, 1.82) is 0 Å². The number of amides is 1. The van der Waals surface area contributed by atoms with Gasteiger partial charge in [0.2, 0.25) is 0 Å². The van der Waals surface area contributed by atoms with Crippen molar-refractivity contribution in [2.45, 2.75) is 51.2 Å². The summed E-state index contributed by atoms with van der Waals surface area (Å²) in [5.41, 5.74) is 2.90. The van der Waals surface area contributed by atoms with Crippen molar-refractivity contribution in [3.05, 3.63) is 34.9 Å². The molecule has 2 aliphatic rings. The summed E-state index contributed by atoms with van der Waals surface area (Å²) in [4.78, 5) is 24.4. The molecule has 1 amide bonds. The van der Waals surface area contributed by atoms with E-state index >= 15 is 0 Å². The fourth-order valence-corrected chi connectivity index (χ4v) is 5.04. The Labute approximate surface area is 147 Å². The van der Waals surface area contributed by atoms with Crippen LogP contribution in [0.5, 0.6) is 0 Å². The van der Waals surface area contributed by atoms with Gasteiger partial charge >= 0.3 is 5.97 Å². The molecule has 1 heterocycles. The molecule has 1 saturated heterocycles. The van der Waals surface area contributed by atoms with Crippen molar-refractivity contribution in [3.8, 4) is 0 Å². The minimum absolute atomic E-state index is 0.0514. The summed E-state index contributed by atoms with van der Waals surface area (Å²) in [6, 6.07) is 5.15. The number of fused-ring (bicyclic) bond motifs is 1. The Kier molecular flexibility index (Phi) is 5.13. The molecular weight excluding hydrogens is 342 g/mol. The quantitative estimate of drug-likeness (QED) is 0.815. The van der Waals surface area contributed by atoms with Crippen LogP contribution in [-0.2, 0) is 32.2 Å². The van der Waals surface area contributed by atoms with Crippen LogP contribution >= 0.6 is 0 Å². The third-order valence-electron chi connectivity index (χ3n) is 4.82. The third-order valence-corrected chi connectivity index (χ3v) is 6.58.